The molecule has 2 atom stereocenters. The fourth-order valence-corrected chi connectivity index (χ4v) is 2.15. The molecule has 0 fully saturated rings. The van der Waals surface area contributed by atoms with Crippen LogP contribution in [0.4, 0.5) is 0 Å². The number of amides is 1. The highest BCUT2D eigenvalue weighted by atomic mass is 16.5. The molecule has 1 aromatic rings. The average Bonchev–Trinajstić information content (AvgIpc) is 2.38. The first-order valence-electron chi connectivity index (χ1n) is 6.54. The molecular formula is C15H24N2O2. The second-order valence-corrected chi connectivity index (χ2v) is 5.04. The Hall–Kier alpha value is -1.55. The number of methoxy groups -OCH3 is 1. The molecule has 0 aliphatic rings. The molecule has 0 aliphatic heterocycles. The van der Waals surface area contributed by atoms with Crippen molar-refractivity contribution in [2.45, 2.75) is 32.4 Å². The van der Waals surface area contributed by atoms with Crippen molar-refractivity contribution in [3.8, 4) is 5.75 Å². The normalized spacial score (nSPS) is 13.7. The van der Waals surface area contributed by atoms with Gasteiger partial charge >= 0.3 is 0 Å². The zero-order valence-electron chi connectivity index (χ0n) is 12.4. The number of likely N-dealkylation sites (N-methyl/N-ethyl adjacent to an activating group) is 1. The number of hydrogen-bond acceptors (Lipinski definition) is 3. The molecule has 2 unspecified atom stereocenters. The highest BCUT2D eigenvalue weighted by molar-refractivity contribution is 5.80. The molecule has 19 heavy (non-hydrogen) atoms. The molecule has 0 bridgehead atoms. The van der Waals surface area contributed by atoms with E-state index in [-0.39, 0.29) is 18.0 Å². The maximum absolute atomic E-state index is 11.8. The Bertz CT molecular complexity index is 418. The number of para-hydroxylation sites is 1. The van der Waals surface area contributed by atoms with E-state index in [9.17, 15) is 4.79 Å². The van der Waals surface area contributed by atoms with Crippen molar-refractivity contribution in [3.05, 3.63) is 29.8 Å². The molecule has 1 amide bonds. The Labute approximate surface area is 115 Å². The van der Waals surface area contributed by atoms with E-state index in [1.54, 1.807) is 26.1 Å². The van der Waals surface area contributed by atoms with E-state index in [0.717, 1.165) is 17.7 Å². The number of benzene rings is 1. The van der Waals surface area contributed by atoms with Crippen LogP contribution in [0.1, 0.15) is 19.4 Å². The Morgan fingerprint density at radius 3 is 2.53 bits per heavy atom. The third kappa shape index (κ3) is 4.56. The molecule has 106 valence electrons. The number of carbonyl (C=O) groups excluding carboxylic acids is 1. The molecule has 0 saturated carbocycles. The van der Waals surface area contributed by atoms with E-state index >= 15 is 0 Å². The molecule has 0 saturated heterocycles. The molecule has 0 radical (unpaired) electrons. The lowest BCUT2D eigenvalue weighted by atomic mass is 10.1. The number of ether oxygens (including phenoxy) is 1. The van der Waals surface area contributed by atoms with E-state index in [4.69, 9.17) is 4.74 Å². The van der Waals surface area contributed by atoms with Gasteiger partial charge in [0.15, 0.2) is 0 Å². The fourth-order valence-electron chi connectivity index (χ4n) is 2.15. The lowest BCUT2D eigenvalue weighted by molar-refractivity contribution is -0.130. The Balaban J connectivity index is 2.60. The molecule has 0 spiro atoms. The molecule has 1 N–H and O–H groups in total. The predicted molar refractivity (Wildman–Crippen MR) is 77.5 cm³/mol. The summed E-state index contributed by atoms with van der Waals surface area (Å²) in [5.41, 5.74) is 1.15. The van der Waals surface area contributed by atoms with Crippen LogP contribution in [0, 0.1) is 0 Å². The second kappa shape index (κ2) is 7.14. The summed E-state index contributed by atoms with van der Waals surface area (Å²) in [6.45, 7) is 3.97. The maximum atomic E-state index is 11.8. The maximum Gasteiger partial charge on any atom is 0.238 e. The van der Waals surface area contributed by atoms with Crippen LogP contribution in [0.15, 0.2) is 24.3 Å². The summed E-state index contributed by atoms with van der Waals surface area (Å²) in [5.74, 6) is 0.981. The summed E-state index contributed by atoms with van der Waals surface area (Å²) in [6.07, 6.45) is 0.828. The molecule has 0 aliphatic carbocycles. The van der Waals surface area contributed by atoms with Gasteiger partial charge in [0.1, 0.15) is 5.75 Å². The molecule has 4 heteroatoms. The second-order valence-electron chi connectivity index (χ2n) is 5.04. The first-order valence-corrected chi connectivity index (χ1v) is 6.54. The number of nitrogens with zero attached hydrogens (tertiary/aromatic N) is 1. The first kappa shape index (κ1) is 15.5. The fraction of sp³-hybridized carbons (Fsp3) is 0.533. The van der Waals surface area contributed by atoms with Crippen molar-refractivity contribution >= 4 is 5.91 Å². The minimum absolute atomic E-state index is 0.0897. The lowest BCUT2D eigenvalue weighted by Crippen LogP contribution is -2.45. The number of hydrogen-bond donors (Lipinski definition) is 1. The average molecular weight is 264 g/mol. The van der Waals surface area contributed by atoms with Gasteiger partial charge in [0, 0.05) is 20.1 Å². The monoisotopic (exact) mass is 264 g/mol. The summed E-state index contributed by atoms with van der Waals surface area (Å²) in [5, 5.41) is 3.31. The van der Waals surface area contributed by atoms with Crippen LogP contribution >= 0.6 is 0 Å². The molecule has 1 aromatic carbocycles. The van der Waals surface area contributed by atoms with Crippen molar-refractivity contribution in [1.82, 2.24) is 10.2 Å². The van der Waals surface area contributed by atoms with Crippen LogP contribution in [0.2, 0.25) is 0 Å². The van der Waals surface area contributed by atoms with Gasteiger partial charge in [-0.2, -0.15) is 0 Å². The third-order valence-corrected chi connectivity index (χ3v) is 3.06. The molecular weight excluding hydrogens is 240 g/mol. The number of nitrogens with one attached hydrogen (secondary N) is 1. The number of rotatable bonds is 6. The minimum Gasteiger partial charge on any atom is -0.496 e. The van der Waals surface area contributed by atoms with Crippen LogP contribution in [0.3, 0.4) is 0 Å². The SMILES string of the molecule is COc1ccccc1CC(C)NC(C)C(=O)N(C)C. The highest BCUT2D eigenvalue weighted by Crippen LogP contribution is 2.18. The van der Waals surface area contributed by atoms with Gasteiger partial charge in [-0.1, -0.05) is 18.2 Å². The summed E-state index contributed by atoms with van der Waals surface area (Å²) in [6, 6.07) is 7.98. The number of carbonyl (C=O) groups is 1. The van der Waals surface area contributed by atoms with Crippen molar-refractivity contribution in [1.29, 1.82) is 0 Å². The largest absolute Gasteiger partial charge is 0.496 e. The van der Waals surface area contributed by atoms with Crippen LogP contribution in [-0.2, 0) is 11.2 Å². The standard InChI is InChI=1S/C15H24N2O2/c1-11(16-12(2)15(18)17(3)4)10-13-8-6-7-9-14(13)19-5/h6-9,11-12,16H,10H2,1-5H3. The van der Waals surface area contributed by atoms with Gasteiger partial charge in [-0.25, -0.2) is 0 Å². The smallest absolute Gasteiger partial charge is 0.238 e. The zero-order valence-corrected chi connectivity index (χ0v) is 12.4. The summed E-state index contributed by atoms with van der Waals surface area (Å²) in [4.78, 5) is 13.4. The summed E-state index contributed by atoms with van der Waals surface area (Å²) >= 11 is 0. The molecule has 1 rings (SSSR count). The summed E-state index contributed by atoms with van der Waals surface area (Å²) in [7, 11) is 5.21. The summed E-state index contributed by atoms with van der Waals surface area (Å²) < 4.78 is 5.33. The van der Waals surface area contributed by atoms with Gasteiger partial charge in [-0.3, -0.25) is 4.79 Å². The van der Waals surface area contributed by atoms with E-state index in [1.165, 1.54) is 0 Å². The topological polar surface area (TPSA) is 41.6 Å². The van der Waals surface area contributed by atoms with E-state index < -0.39 is 0 Å². The lowest BCUT2D eigenvalue weighted by Gasteiger charge is -2.22. The first-order chi connectivity index (χ1) is 8.95. The van der Waals surface area contributed by atoms with Crippen LogP contribution in [0.5, 0.6) is 5.75 Å². The Morgan fingerprint density at radius 2 is 1.95 bits per heavy atom. The van der Waals surface area contributed by atoms with Gasteiger partial charge < -0.3 is 15.0 Å². The van der Waals surface area contributed by atoms with Gasteiger partial charge in [0.25, 0.3) is 0 Å². The Morgan fingerprint density at radius 1 is 1.32 bits per heavy atom. The Kier molecular flexibility index (Phi) is 5.83. The minimum atomic E-state index is -0.181. The quantitative estimate of drug-likeness (QED) is 0.850. The highest BCUT2D eigenvalue weighted by Gasteiger charge is 2.17. The van der Waals surface area contributed by atoms with Crippen LogP contribution in [-0.4, -0.2) is 44.1 Å². The van der Waals surface area contributed by atoms with Gasteiger partial charge in [-0.05, 0) is 31.9 Å². The third-order valence-electron chi connectivity index (χ3n) is 3.06. The van der Waals surface area contributed by atoms with Crippen LogP contribution < -0.4 is 10.1 Å². The molecule has 0 heterocycles. The van der Waals surface area contributed by atoms with E-state index in [1.807, 2.05) is 25.1 Å². The van der Waals surface area contributed by atoms with E-state index in [0.29, 0.717) is 0 Å². The molecule has 4 nitrogen and oxygen atoms in total. The van der Waals surface area contributed by atoms with Gasteiger partial charge in [0.2, 0.25) is 5.91 Å². The predicted octanol–water partition coefficient (Wildman–Crippen LogP) is 1.69. The van der Waals surface area contributed by atoms with E-state index in [2.05, 4.69) is 18.3 Å². The molecule has 0 aromatic heterocycles. The van der Waals surface area contributed by atoms with Crippen molar-refractivity contribution in [2.24, 2.45) is 0 Å². The van der Waals surface area contributed by atoms with Crippen LogP contribution in [0.25, 0.3) is 0 Å². The van der Waals surface area contributed by atoms with Crippen molar-refractivity contribution < 1.29 is 9.53 Å². The van der Waals surface area contributed by atoms with Crippen molar-refractivity contribution in [3.63, 3.8) is 0 Å². The zero-order chi connectivity index (χ0) is 14.4. The van der Waals surface area contributed by atoms with Gasteiger partial charge in [0.05, 0.1) is 13.2 Å². The van der Waals surface area contributed by atoms with Crippen molar-refractivity contribution in [2.75, 3.05) is 21.2 Å². The van der Waals surface area contributed by atoms with Gasteiger partial charge in [-0.15, -0.1) is 0 Å².